The van der Waals surface area contributed by atoms with Gasteiger partial charge in [0.2, 0.25) is 5.91 Å². The number of nitrogens with zero attached hydrogens (tertiary/aromatic N) is 1. The number of para-hydroxylation sites is 1. The zero-order valence-corrected chi connectivity index (χ0v) is 21.5. The summed E-state index contributed by atoms with van der Waals surface area (Å²) in [5, 5.41) is 21.7. The summed E-state index contributed by atoms with van der Waals surface area (Å²) in [6.45, 7) is 9.88. The Balaban J connectivity index is 1.78. The molecule has 5 nitrogen and oxygen atoms in total. The second-order valence-corrected chi connectivity index (χ2v) is 11.0. The highest BCUT2D eigenvalue weighted by Gasteiger charge is 2.58. The van der Waals surface area contributed by atoms with Gasteiger partial charge in [0.05, 0.1) is 12.2 Å². The number of carbonyl (C=O) groups excluding carboxylic acids is 1. The molecule has 1 aliphatic heterocycles. The topological polar surface area (TPSA) is 70.0 Å². The molecule has 2 N–H and O–H groups in total. The Morgan fingerprint density at radius 2 is 2.06 bits per heavy atom. The number of benzene rings is 1. The van der Waals surface area contributed by atoms with Crippen LogP contribution < -0.4 is 4.74 Å². The number of carbonyl (C=O) groups is 1. The molecule has 186 valence electrons. The number of hydrogen-bond acceptors (Lipinski definition) is 4. The highest BCUT2D eigenvalue weighted by molar-refractivity contribution is 5.76. The molecule has 2 aliphatic rings. The molecule has 0 saturated heterocycles. The van der Waals surface area contributed by atoms with E-state index in [-0.39, 0.29) is 29.2 Å². The van der Waals surface area contributed by atoms with Gasteiger partial charge in [0, 0.05) is 49.2 Å². The Bertz CT molecular complexity index is 953. The second-order valence-electron chi connectivity index (χ2n) is 11.0. The highest BCUT2D eigenvalue weighted by atomic mass is 16.5. The fourth-order valence-electron chi connectivity index (χ4n) is 5.28. The first-order valence-corrected chi connectivity index (χ1v) is 12.5. The van der Waals surface area contributed by atoms with Crippen molar-refractivity contribution in [3.63, 3.8) is 0 Å². The molecule has 0 bridgehead atoms. The Hall–Kier alpha value is -2.29. The van der Waals surface area contributed by atoms with Gasteiger partial charge in [-0.25, -0.2) is 0 Å². The van der Waals surface area contributed by atoms with E-state index in [1.165, 1.54) is 0 Å². The van der Waals surface area contributed by atoms with E-state index in [0.717, 1.165) is 11.3 Å². The fraction of sp³-hybridized carbons (Fsp3) is 0.621. The average molecular weight is 468 g/mol. The van der Waals surface area contributed by atoms with Crippen molar-refractivity contribution in [1.29, 1.82) is 0 Å². The van der Waals surface area contributed by atoms with Crippen molar-refractivity contribution in [3.05, 3.63) is 42.0 Å². The molecular formula is C29H41NO4. The lowest BCUT2D eigenvalue weighted by Gasteiger charge is -2.33. The van der Waals surface area contributed by atoms with E-state index in [9.17, 15) is 15.0 Å². The molecule has 1 amide bonds. The first kappa shape index (κ1) is 26.3. The molecule has 3 rings (SSSR count). The van der Waals surface area contributed by atoms with Gasteiger partial charge in [-0.2, -0.15) is 0 Å². The maximum absolute atomic E-state index is 12.7. The molecule has 1 heterocycles. The van der Waals surface area contributed by atoms with Crippen LogP contribution in [0.25, 0.3) is 0 Å². The van der Waals surface area contributed by atoms with E-state index in [1.54, 1.807) is 11.8 Å². The van der Waals surface area contributed by atoms with Crippen LogP contribution in [0.5, 0.6) is 5.75 Å². The zero-order valence-electron chi connectivity index (χ0n) is 21.5. The Kier molecular flexibility index (Phi) is 8.16. The molecule has 1 fully saturated rings. The molecular weight excluding hydrogens is 426 g/mol. The van der Waals surface area contributed by atoms with Crippen molar-refractivity contribution < 1.29 is 19.7 Å². The van der Waals surface area contributed by atoms with E-state index in [0.29, 0.717) is 32.1 Å². The van der Waals surface area contributed by atoms with Gasteiger partial charge < -0.3 is 19.8 Å². The summed E-state index contributed by atoms with van der Waals surface area (Å²) < 4.78 is 6.54. The number of amides is 1. The van der Waals surface area contributed by atoms with Crippen molar-refractivity contribution in [2.45, 2.75) is 96.0 Å². The maximum atomic E-state index is 12.7. The molecule has 0 spiro atoms. The molecule has 1 aromatic rings. The Morgan fingerprint density at radius 3 is 2.74 bits per heavy atom. The monoisotopic (exact) mass is 467 g/mol. The fourth-order valence-corrected chi connectivity index (χ4v) is 5.28. The average Bonchev–Trinajstić information content (AvgIpc) is 3.23. The van der Waals surface area contributed by atoms with Gasteiger partial charge in [-0.15, -0.1) is 11.8 Å². The third-order valence-corrected chi connectivity index (χ3v) is 7.60. The van der Waals surface area contributed by atoms with Crippen LogP contribution in [-0.4, -0.2) is 51.4 Å². The molecule has 1 saturated carbocycles. The van der Waals surface area contributed by atoms with E-state index in [2.05, 4.69) is 17.9 Å². The summed E-state index contributed by atoms with van der Waals surface area (Å²) in [6.07, 6.45) is 5.59. The summed E-state index contributed by atoms with van der Waals surface area (Å²) in [7, 11) is 1.85. The zero-order chi connectivity index (χ0) is 25.1. The van der Waals surface area contributed by atoms with Crippen molar-refractivity contribution in [3.8, 4) is 17.6 Å². The SMILES string of the molecule is CC#CC[C@@H](C)[C@H](O)/C=C/[C@H]1[C@H](O)C[C@]2(CCCC(=O)N(C)C(C)(C)C)Oc3ccccc3[C@H]12. The van der Waals surface area contributed by atoms with Gasteiger partial charge >= 0.3 is 0 Å². The van der Waals surface area contributed by atoms with E-state index >= 15 is 0 Å². The number of aliphatic hydroxyl groups is 2. The summed E-state index contributed by atoms with van der Waals surface area (Å²) in [4.78, 5) is 14.5. The van der Waals surface area contributed by atoms with Crippen LogP contribution in [-0.2, 0) is 4.79 Å². The lowest BCUT2D eigenvalue weighted by molar-refractivity contribution is -0.134. The number of fused-ring (bicyclic) bond motifs is 3. The lowest BCUT2D eigenvalue weighted by atomic mass is 9.79. The summed E-state index contributed by atoms with van der Waals surface area (Å²) >= 11 is 0. The van der Waals surface area contributed by atoms with Crippen LogP contribution >= 0.6 is 0 Å². The van der Waals surface area contributed by atoms with E-state index in [4.69, 9.17) is 4.74 Å². The smallest absolute Gasteiger partial charge is 0.222 e. The lowest BCUT2D eigenvalue weighted by Crippen LogP contribution is -2.42. The summed E-state index contributed by atoms with van der Waals surface area (Å²) in [5.41, 5.74) is 0.354. The molecule has 0 radical (unpaired) electrons. The van der Waals surface area contributed by atoms with Gasteiger partial charge in [-0.1, -0.05) is 37.3 Å². The van der Waals surface area contributed by atoms with Crippen LogP contribution in [0.1, 0.15) is 78.2 Å². The van der Waals surface area contributed by atoms with Crippen LogP contribution in [0.4, 0.5) is 0 Å². The molecule has 5 heteroatoms. The van der Waals surface area contributed by atoms with Gasteiger partial charge in [0.25, 0.3) is 0 Å². The first-order valence-electron chi connectivity index (χ1n) is 12.5. The second kappa shape index (κ2) is 10.5. The van der Waals surface area contributed by atoms with Gasteiger partial charge in [-0.3, -0.25) is 4.79 Å². The summed E-state index contributed by atoms with van der Waals surface area (Å²) in [5.74, 6) is 6.74. The predicted octanol–water partition coefficient (Wildman–Crippen LogP) is 4.68. The summed E-state index contributed by atoms with van der Waals surface area (Å²) in [6, 6.07) is 8.04. The number of hydrogen-bond donors (Lipinski definition) is 2. The van der Waals surface area contributed by atoms with Gasteiger partial charge in [0.1, 0.15) is 11.4 Å². The first-order chi connectivity index (χ1) is 16.0. The highest BCUT2D eigenvalue weighted by Crippen LogP contribution is 2.58. The van der Waals surface area contributed by atoms with Gasteiger partial charge in [0.15, 0.2) is 0 Å². The molecule has 34 heavy (non-hydrogen) atoms. The predicted molar refractivity (Wildman–Crippen MR) is 135 cm³/mol. The largest absolute Gasteiger partial charge is 0.486 e. The normalized spacial score (nSPS) is 27.4. The van der Waals surface area contributed by atoms with Crippen molar-refractivity contribution >= 4 is 5.91 Å². The molecule has 6 atom stereocenters. The van der Waals surface area contributed by atoms with E-state index < -0.39 is 17.8 Å². The van der Waals surface area contributed by atoms with Crippen molar-refractivity contribution in [1.82, 2.24) is 4.90 Å². The number of ether oxygens (including phenoxy) is 1. The van der Waals surface area contributed by atoms with Gasteiger partial charge in [-0.05, 0) is 52.5 Å². The number of rotatable bonds is 8. The van der Waals surface area contributed by atoms with Crippen LogP contribution in [0, 0.1) is 23.7 Å². The standard InChI is InChI=1S/C29H41NO4/c1-7-8-12-20(2)23(31)17-16-21-24(32)19-29(18-11-15-26(33)30(6)28(3,4)5)27(21)22-13-9-10-14-25(22)34-29/h9-10,13-14,16-17,20-21,23-24,27,31-32H,11-12,15,18-19H2,1-6H3/b17-16+/t20-,21+,23-,24-,27+,29+/m1/s1. The molecule has 1 aromatic carbocycles. The number of aliphatic hydroxyl groups excluding tert-OH is 2. The minimum absolute atomic E-state index is 0.0108. The quantitative estimate of drug-likeness (QED) is 0.430. The van der Waals surface area contributed by atoms with Crippen LogP contribution in [0.15, 0.2) is 36.4 Å². The van der Waals surface area contributed by atoms with Crippen molar-refractivity contribution in [2.75, 3.05) is 7.05 Å². The Labute approximate surface area is 205 Å². The minimum Gasteiger partial charge on any atom is -0.486 e. The maximum Gasteiger partial charge on any atom is 0.222 e. The molecule has 0 aromatic heterocycles. The van der Waals surface area contributed by atoms with Crippen LogP contribution in [0.3, 0.4) is 0 Å². The minimum atomic E-state index is -0.619. The van der Waals surface area contributed by atoms with E-state index in [1.807, 2.05) is 65.1 Å². The van der Waals surface area contributed by atoms with Crippen molar-refractivity contribution in [2.24, 2.45) is 11.8 Å². The van der Waals surface area contributed by atoms with Crippen LogP contribution in [0.2, 0.25) is 0 Å². The Morgan fingerprint density at radius 1 is 1.35 bits per heavy atom. The third-order valence-electron chi connectivity index (χ3n) is 7.60. The molecule has 0 unspecified atom stereocenters. The third kappa shape index (κ3) is 5.50. The molecule has 1 aliphatic carbocycles.